The molecule has 2 aromatic heterocycles. The lowest BCUT2D eigenvalue weighted by Crippen LogP contribution is -2.30. The predicted octanol–water partition coefficient (Wildman–Crippen LogP) is 3.07. The van der Waals surface area contributed by atoms with Crippen molar-refractivity contribution >= 4 is 10.0 Å². The Hall–Kier alpha value is -2.44. The fourth-order valence-corrected chi connectivity index (χ4v) is 3.65. The number of aromatic nitrogens is 1. The van der Waals surface area contributed by atoms with E-state index in [0.717, 1.165) is 5.56 Å². The van der Waals surface area contributed by atoms with Crippen molar-refractivity contribution in [2.75, 3.05) is 0 Å². The van der Waals surface area contributed by atoms with Gasteiger partial charge in [0.05, 0.1) is 17.7 Å². The number of rotatable bonds is 6. The normalized spacial score (nSPS) is 11.7. The van der Waals surface area contributed by atoms with E-state index < -0.39 is 10.0 Å². The smallest absolute Gasteiger partial charge is 0.243 e. The largest absolute Gasteiger partial charge is 0.468 e. The first-order chi connectivity index (χ1) is 11.2. The third-order valence-electron chi connectivity index (χ3n) is 3.37. The van der Waals surface area contributed by atoms with Crippen molar-refractivity contribution in [3.63, 3.8) is 0 Å². The van der Waals surface area contributed by atoms with Crippen LogP contribution in [0.15, 0.2) is 82.6 Å². The summed E-state index contributed by atoms with van der Waals surface area (Å²) < 4.78 is 32.6. The van der Waals surface area contributed by atoms with Crippen molar-refractivity contribution in [2.45, 2.75) is 18.0 Å². The Morgan fingerprint density at radius 3 is 2.43 bits per heavy atom. The molecule has 0 radical (unpaired) electrons. The van der Waals surface area contributed by atoms with Gasteiger partial charge in [-0.25, -0.2) is 8.42 Å². The van der Waals surface area contributed by atoms with Crippen molar-refractivity contribution in [2.24, 2.45) is 0 Å². The molecule has 0 aliphatic heterocycles. The third kappa shape index (κ3) is 3.67. The molecule has 6 heteroatoms. The molecule has 2 heterocycles. The van der Waals surface area contributed by atoms with Crippen LogP contribution in [0, 0.1) is 0 Å². The number of benzene rings is 1. The lowest BCUT2D eigenvalue weighted by molar-refractivity contribution is 0.358. The molecule has 0 amide bonds. The molecule has 3 aromatic rings. The van der Waals surface area contributed by atoms with Crippen LogP contribution >= 0.6 is 0 Å². The van der Waals surface area contributed by atoms with Crippen LogP contribution in [0.4, 0.5) is 0 Å². The number of furan rings is 1. The number of sulfonamides is 1. The second-order valence-electron chi connectivity index (χ2n) is 5.03. The van der Waals surface area contributed by atoms with Crippen LogP contribution < -0.4 is 0 Å². The van der Waals surface area contributed by atoms with Crippen LogP contribution in [0.1, 0.15) is 11.3 Å². The minimum atomic E-state index is -3.63. The van der Waals surface area contributed by atoms with E-state index in [1.807, 2.05) is 6.07 Å². The van der Waals surface area contributed by atoms with E-state index in [-0.39, 0.29) is 18.0 Å². The van der Waals surface area contributed by atoms with E-state index >= 15 is 0 Å². The molecule has 0 aliphatic carbocycles. The number of hydrogen-bond acceptors (Lipinski definition) is 4. The number of nitrogens with zero attached hydrogens (tertiary/aromatic N) is 2. The monoisotopic (exact) mass is 328 g/mol. The van der Waals surface area contributed by atoms with Gasteiger partial charge < -0.3 is 4.42 Å². The summed E-state index contributed by atoms with van der Waals surface area (Å²) in [4.78, 5) is 4.30. The first-order valence-electron chi connectivity index (χ1n) is 7.13. The second kappa shape index (κ2) is 6.76. The summed E-state index contributed by atoms with van der Waals surface area (Å²) in [6, 6.07) is 15.5. The first-order valence-corrected chi connectivity index (χ1v) is 8.57. The van der Waals surface area contributed by atoms with Gasteiger partial charge in [0.25, 0.3) is 0 Å². The Labute approximate surface area is 135 Å². The summed E-state index contributed by atoms with van der Waals surface area (Å²) in [6.45, 7) is 0.394. The highest BCUT2D eigenvalue weighted by Crippen LogP contribution is 2.20. The van der Waals surface area contributed by atoms with Crippen LogP contribution in [0.2, 0.25) is 0 Å². The van der Waals surface area contributed by atoms with Crippen LogP contribution in [-0.4, -0.2) is 17.7 Å². The molecular weight excluding hydrogens is 312 g/mol. The quantitative estimate of drug-likeness (QED) is 0.697. The molecule has 1 aromatic carbocycles. The molecule has 0 unspecified atom stereocenters. The molecule has 118 valence electrons. The van der Waals surface area contributed by atoms with Gasteiger partial charge in [0.1, 0.15) is 5.76 Å². The maximum absolute atomic E-state index is 12.9. The van der Waals surface area contributed by atoms with E-state index in [4.69, 9.17) is 4.42 Å². The first kappa shape index (κ1) is 15.5. The van der Waals surface area contributed by atoms with Crippen LogP contribution in [0.3, 0.4) is 0 Å². The molecule has 0 spiro atoms. The van der Waals surface area contributed by atoms with Crippen molar-refractivity contribution < 1.29 is 12.8 Å². The van der Waals surface area contributed by atoms with Gasteiger partial charge in [0.15, 0.2) is 0 Å². The summed E-state index contributed by atoms with van der Waals surface area (Å²) in [5.41, 5.74) is 0.818. The molecule has 5 nitrogen and oxygen atoms in total. The topological polar surface area (TPSA) is 63.4 Å². The van der Waals surface area contributed by atoms with Crippen LogP contribution in [0.5, 0.6) is 0 Å². The summed E-state index contributed by atoms with van der Waals surface area (Å²) >= 11 is 0. The zero-order chi connectivity index (χ0) is 16.1. The molecular formula is C17H16N2O3S. The molecule has 0 atom stereocenters. The molecule has 0 bridgehead atoms. The Kier molecular flexibility index (Phi) is 4.55. The Balaban J connectivity index is 1.94. The highest BCUT2D eigenvalue weighted by atomic mass is 32.2. The highest BCUT2D eigenvalue weighted by molar-refractivity contribution is 7.89. The predicted molar refractivity (Wildman–Crippen MR) is 85.8 cm³/mol. The minimum absolute atomic E-state index is 0.166. The van der Waals surface area contributed by atoms with Crippen LogP contribution in [-0.2, 0) is 23.1 Å². The van der Waals surface area contributed by atoms with Crippen molar-refractivity contribution in [1.29, 1.82) is 0 Å². The van der Waals surface area contributed by atoms with Gasteiger partial charge in [-0.3, -0.25) is 4.98 Å². The SMILES string of the molecule is O=S(=O)(c1ccccc1)N(Cc1cccnc1)Cc1ccco1. The maximum Gasteiger partial charge on any atom is 0.243 e. The van der Waals surface area contributed by atoms with Gasteiger partial charge in [0, 0.05) is 18.9 Å². The summed E-state index contributed by atoms with van der Waals surface area (Å²) in [5, 5.41) is 0. The van der Waals surface area contributed by atoms with E-state index in [1.165, 1.54) is 10.6 Å². The fourth-order valence-electron chi connectivity index (χ4n) is 2.24. The molecule has 0 aliphatic rings. The lowest BCUT2D eigenvalue weighted by Gasteiger charge is -2.21. The Bertz CT molecular complexity index is 832. The van der Waals surface area contributed by atoms with E-state index in [0.29, 0.717) is 5.76 Å². The fraction of sp³-hybridized carbons (Fsp3) is 0.118. The summed E-state index contributed by atoms with van der Waals surface area (Å²) in [5.74, 6) is 0.591. The van der Waals surface area contributed by atoms with Gasteiger partial charge in [-0.1, -0.05) is 24.3 Å². The minimum Gasteiger partial charge on any atom is -0.468 e. The van der Waals surface area contributed by atoms with Crippen molar-refractivity contribution in [3.8, 4) is 0 Å². The summed E-state index contributed by atoms with van der Waals surface area (Å²) in [7, 11) is -3.63. The average molecular weight is 328 g/mol. The molecule has 0 fully saturated rings. The molecule has 23 heavy (non-hydrogen) atoms. The van der Waals surface area contributed by atoms with Gasteiger partial charge in [0.2, 0.25) is 10.0 Å². The van der Waals surface area contributed by atoms with Crippen LogP contribution in [0.25, 0.3) is 0 Å². The van der Waals surface area contributed by atoms with Crippen molar-refractivity contribution in [1.82, 2.24) is 9.29 Å². The molecule has 0 saturated heterocycles. The van der Waals surface area contributed by atoms with E-state index in [2.05, 4.69) is 4.98 Å². The van der Waals surface area contributed by atoms with Gasteiger partial charge in [-0.05, 0) is 35.9 Å². The lowest BCUT2D eigenvalue weighted by atomic mass is 10.3. The molecule has 0 saturated carbocycles. The average Bonchev–Trinajstić information content (AvgIpc) is 3.09. The zero-order valence-corrected chi connectivity index (χ0v) is 13.2. The molecule has 3 rings (SSSR count). The standard InChI is InChI=1S/C17H16N2O3S/c20-23(21,17-8-2-1-3-9-17)19(14-16-7-5-11-22-16)13-15-6-4-10-18-12-15/h1-12H,13-14H2. The van der Waals surface area contributed by atoms with Gasteiger partial charge >= 0.3 is 0 Å². The Morgan fingerprint density at radius 1 is 0.957 bits per heavy atom. The Morgan fingerprint density at radius 2 is 1.78 bits per heavy atom. The third-order valence-corrected chi connectivity index (χ3v) is 5.18. The van der Waals surface area contributed by atoms with E-state index in [1.54, 1.807) is 60.9 Å². The second-order valence-corrected chi connectivity index (χ2v) is 6.96. The maximum atomic E-state index is 12.9. The number of pyridine rings is 1. The van der Waals surface area contributed by atoms with Crippen molar-refractivity contribution in [3.05, 3.63) is 84.6 Å². The van der Waals surface area contributed by atoms with Gasteiger partial charge in [-0.15, -0.1) is 0 Å². The van der Waals surface area contributed by atoms with E-state index in [9.17, 15) is 8.42 Å². The van der Waals surface area contributed by atoms with Gasteiger partial charge in [-0.2, -0.15) is 4.31 Å². The number of hydrogen-bond donors (Lipinski definition) is 0. The zero-order valence-electron chi connectivity index (χ0n) is 12.4. The highest BCUT2D eigenvalue weighted by Gasteiger charge is 2.25. The summed E-state index contributed by atoms with van der Waals surface area (Å²) in [6.07, 6.45) is 4.86. The molecule has 0 N–H and O–H groups in total.